The van der Waals surface area contributed by atoms with E-state index in [1.54, 1.807) is 0 Å². The summed E-state index contributed by atoms with van der Waals surface area (Å²) in [4.78, 5) is 27.8. The lowest BCUT2D eigenvalue weighted by Crippen LogP contribution is -2.53. The number of aliphatic carboxylic acids is 1. The van der Waals surface area contributed by atoms with Gasteiger partial charge in [0, 0.05) is 32.1 Å². The van der Waals surface area contributed by atoms with Gasteiger partial charge < -0.3 is 14.9 Å². The third-order valence-electron chi connectivity index (χ3n) is 4.61. The molecular weight excluding hydrogens is 244 g/mol. The third kappa shape index (κ3) is 3.47. The van der Waals surface area contributed by atoms with Crippen LogP contribution in [0.3, 0.4) is 0 Å². The van der Waals surface area contributed by atoms with Gasteiger partial charge in [-0.25, -0.2) is 0 Å². The lowest BCUT2D eigenvalue weighted by Gasteiger charge is -2.39. The Kier molecular flexibility index (Phi) is 5.35. The van der Waals surface area contributed by atoms with E-state index < -0.39 is 11.4 Å². The molecule has 5 nitrogen and oxygen atoms in total. The number of carbonyl (C=O) groups excluding carboxylic acids is 1. The Morgan fingerprint density at radius 3 is 2.26 bits per heavy atom. The SMILES string of the molecule is CCC(CC)(CC(=O)N1CCN(C)C(C)C1)C(=O)O. The molecule has 1 amide bonds. The Bertz CT molecular complexity index is 340. The van der Waals surface area contributed by atoms with Crippen LogP contribution in [0.1, 0.15) is 40.0 Å². The van der Waals surface area contributed by atoms with Gasteiger partial charge in [-0.3, -0.25) is 9.59 Å². The number of rotatable bonds is 5. The van der Waals surface area contributed by atoms with Crippen molar-refractivity contribution in [2.24, 2.45) is 5.41 Å². The molecule has 0 aliphatic carbocycles. The molecule has 0 aromatic rings. The molecule has 1 aliphatic heterocycles. The monoisotopic (exact) mass is 270 g/mol. The fraction of sp³-hybridized carbons (Fsp3) is 0.857. The molecule has 1 saturated heterocycles. The lowest BCUT2D eigenvalue weighted by molar-refractivity contribution is -0.155. The number of nitrogens with zero attached hydrogens (tertiary/aromatic N) is 2. The minimum Gasteiger partial charge on any atom is -0.481 e. The van der Waals surface area contributed by atoms with Crippen molar-refractivity contribution in [3.05, 3.63) is 0 Å². The predicted molar refractivity (Wildman–Crippen MR) is 73.9 cm³/mol. The predicted octanol–water partition coefficient (Wildman–Crippen LogP) is 1.43. The maximum atomic E-state index is 12.3. The first-order valence-electron chi connectivity index (χ1n) is 7.07. The van der Waals surface area contributed by atoms with E-state index in [2.05, 4.69) is 11.8 Å². The van der Waals surface area contributed by atoms with E-state index in [4.69, 9.17) is 0 Å². The van der Waals surface area contributed by atoms with Crippen LogP contribution < -0.4 is 0 Å². The first-order valence-corrected chi connectivity index (χ1v) is 7.07. The summed E-state index contributed by atoms with van der Waals surface area (Å²) in [5.41, 5.74) is -0.899. The zero-order valence-corrected chi connectivity index (χ0v) is 12.5. The van der Waals surface area contributed by atoms with Crippen LogP contribution in [0.2, 0.25) is 0 Å². The number of hydrogen-bond donors (Lipinski definition) is 1. The molecule has 19 heavy (non-hydrogen) atoms. The smallest absolute Gasteiger partial charge is 0.310 e. The molecule has 0 saturated carbocycles. The molecule has 1 rings (SSSR count). The van der Waals surface area contributed by atoms with Gasteiger partial charge in [-0.2, -0.15) is 0 Å². The second-order valence-electron chi connectivity index (χ2n) is 5.64. The zero-order chi connectivity index (χ0) is 14.6. The van der Waals surface area contributed by atoms with Crippen LogP contribution in [0.15, 0.2) is 0 Å². The molecule has 1 atom stereocenters. The fourth-order valence-corrected chi connectivity index (χ4v) is 2.55. The van der Waals surface area contributed by atoms with Crippen molar-refractivity contribution < 1.29 is 14.7 Å². The van der Waals surface area contributed by atoms with Gasteiger partial charge in [-0.15, -0.1) is 0 Å². The van der Waals surface area contributed by atoms with Gasteiger partial charge in [0.2, 0.25) is 5.91 Å². The summed E-state index contributed by atoms with van der Waals surface area (Å²) < 4.78 is 0. The molecular formula is C14H26N2O3. The van der Waals surface area contributed by atoms with Crippen molar-refractivity contribution in [3.8, 4) is 0 Å². The summed E-state index contributed by atoms with van der Waals surface area (Å²) >= 11 is 0. The minimum atomic E-state index is -0.899. The number of piperazine rings is 1. The van der Waals surface area contributed by atoms with Crippen LogP contribution in [-0.2, 0) is 9.59 Å². The number of carbonyl (C=O) groups is 2. The average molecular weight is 270 g/mol. The van der Waals surface area contributed by atoms with Gasteiger partial charge in [0.05, 0.1) is 5.41 Å². The van der Waals surface area contributed by atoms with E-state index in [-0.39, 0.29) is 12.3 Å². The Morgan fingerprint density at radius 2 is 1.84 bits per heavy atom. The van der Waals surface area contributed by atoms with Crippen molar-refractivity contribution in [1.82, 2.24) is 9.80 Å². The van der Waals surface area contributed by atoms with Gasteiger partial charge in [0.25, 0.3) is 0 Å². The van der Waals surface area contributed by atoms with Crippen LogP contribution in [0.25, 0.3) is 0 Å². The molecule has 0 aromatic heterocycles. The largest absolute Gasteiger partial charge is 0.481 e. The summed E-state index contributed by atoms with van der Waals surface area (Å²) in [6, 6.07) is 0.334. The van der Waals surface area contributed by atoms with Gasteiger partial charge in [-0.1, -0.05) is 13.8 Å². The summed E-state index contributed by atoms with van der Waals surface area (Å²) in [7, 11) is 2.05. The van der Waals surface area contributed by atoms with E-state index in [0.717, 1.165) is 6.54 Å². The van der Waals surface area contributed by atoms with Crippen molar-refractivity contribution in [2.45, 2.75) is 46.1 Å². The number of hydrogen-bond acceptors (Lipinski definition) is 3. The summed E-state index contributed by atoms with van der Waals surface area (Å²) in [6.07, 6.45) is 1.10. The molecule has 1 N–H and O–H groups in total. The number of likely N-dealkylation sites (N-methyl/N-ethyl adjacent to an activating group) is 1. The molecule has 1 aliphatic rings. The quantitative estimate of drug-likeness (QED) is 0.821. The Morgan fingerprint density at radius 1 is 1.26 bits per heavy atom. The van der Waals surface area contributed by atoms with Crippen LogP contribution >= 0.6 is 0 Å². The van der Waals surface area contributed by atoms with E-state index >= 15 is 0 Å². The highest BCUT2D eigenvalue weighted by Crippen LogP contribution is 2.32. The first kappa shape index (κ1) is 16.0. The van der Waals surface area contributed by atoms with Gasteiger partial charge in [0.15, 0.2) is 0 Å². The summed E-state index contributed by atoms with van der Waals surface area (Å²) in [6.45, 7) is 8.02. The van der Waals surface area contributed by atoms with Gasteiger partial charge in [0.1, 0.15) is 0 Å². The fourth-order valence-electron chi connectivity index (χ4n) is 2.55. The number of amides is 1. The number of carboxylic acid groups (broad SMARTS) is 1. The van der Waals surface area contributed by atoms with Crippen LogP contribution in [0.4, 0.5) is 0 Å². The Labute approximate surface area is 115 Å². The standard InChI is InChI=1S/C14H26N2O3/c1-5-14(6-2,13(18)19)9-12(17)16-8-7-15(4)11(3)10-16/h11H,5-10H2,1-4H3,(H,18,19). The van der Waals surface area contributed by atoms with Crippen molar-refractivity contribution in [2.75, 3.05) is 26.7 Å². The molecule has 0 bridgehead atoms. The normalized spacial score (nSPS) is 21.5. The Balaban J connectivity index is 2.70. The lowest BCUT2D eigenvalue weighted by atomic mass is 9.79. The average Bonchev–Trinajstić information content (AvgIpc) is 2.38. The molecule has 1 fully saturated rings. The summed E-state index contributed by atoms with van der Waals surface area (Å²) in [5.74, 6) is -0.876. The third-order valence-corrected chi connectivity index (χ3v) is 4.61. The van der Waals surface area contributed by atoms with Crippen LogP contribution in [-0.4, -0.2) is 59.5 Å². The van der Waals surface area contributed by atoms with Crippen molar-refractivity contribution >= 4 is 11.9 Å². The van der Waals surface area contributed by atoms with Crippen LogP contribution in [0, 0.1) is 5.41 Å². The summed E-state index contributed by atoms with van der Waals surface area (Å²) in [5, 5.41) is 9.39. The van der Waals surface area contributed by atoms with E-state index in [1.807, 2.05) is 25.8 Å². The van der Waals surface area contributed by atoms with Crippen molar-refractivity contribution in [3.63, 3.8) is 0 Å². The van der Waals surface area contributed by atoms with Gasteiger partial charge >= 0.3 is 5.97 Å². The van der Waals surface area contributed by atoms with Crippen molar-refractivity contribution in [1.29, 1.82) is 0 Å². The molecule has 0 spiro atoms. The maximum absolute atomic E-state index is 12.3. The van der Waals surface area contributed by atoms with E-state index in [9.17, 15) is 14.7 Å². The second kappa shape index (κ2) is 6.37. The highest BCUT2D eigenvalue weighted by atomic mass is 16.4. The van der Waals surface area contributed by atoms with Crippen LogP contribution in [0.5, 0.6) is 0 Å². The second-order valence-corrected chi connectivity index (χ2v) is 5.64. The molecule has 1 unspecified atom stereocenters. The molecule has 1 heterocycles. The van der Waals surface area contributed by atoms with E-state index in [0.29, 0.717) is 32.0 Å². The van der Waals surface area contributed by atoms with Gasteiger partial charge in [-0.05, 0) is 26.8 Å². The molecule has 0 radical (unpaired) electrons. The first-order chi connectivity index (χ1) is 8.86. The molecule has 5 heteroatoms. The van der Waals surface area contributed by atoms with E-state index in [1.165, 1.54) is 0 Å². The highest BCUT2D eigenvalue weighted by molar-refractivity contribution is 5.85. The topological polar surface area (TPSA) is 60.9 Å². The Hall–Kier alpha value is -1.10. The maximum Gasteiger partial charge on any atom is 0.310 e. The zero-order valence-electron chi connectivity index (χ0n) is 12.5. The minimum absolute atomic E-state index is 0.0222. The molecule has 0 aromatic carbocycles. The molecule has 110 valence electrons. The highest BCUT2D eigenvalue weighted by Gasteiger charge is 2.39. The number of carboxylic acids is 1.